The highest BCUT2D eigenvalue weighted by atomic mass is 35.5. The van der Waals surface area contributed by atoms with Crippen molar-refractivity contribution in [2.24, 2.45) is 5.92 Å². The number of aliphatic hydroxyl groups is 1. The van der Waals surface area contributed by atoms with Crippen molar-refractivity contribution in [3.8, 4) is 0 Å². The minimum atomic E-state index is 0.329. The maximum atomic E-state index is 9.12. The normalized spacial score (nSPS) is 20.6. The van der Waals surface area contributed by atoms with Crippen molar-refractivity contribution >= 4 is 22.9 Å². The number of aliphatic hydroxyl groups excluding tert-OH is 1. The molecule has 0 aromatic carbocycles. The molecule has 0 radical (unpaired) electrons. The van der Waals surface area contributed by atoms with E-state index in [-0.39, 0.29) is 0 Å². The van der Waals surface area contributed by atoms with Gasteiger partial charge in [0.1, 0.15) is 5.01 Å². The highest BCUT2D eigenvalue weighted by molar-refractivity contribution is 7.09. The summed E-state index contributed by atoms with van der Waals surface area (Å²) < 4.78 is 0. The van der Waals surface area contributed by atoms with E-state index in [2.05, 4.69) is 16.8 Å². The Morgan fingerprint density at radius 3 is 2.82 bits per heavy atom. The Balaban J connectivity index is 1.94. The van der Waals surface area contributed by atoms with Gasteiger partial charge in [-0.25, -0.2) is 4.98 Å². The first-order chi connectivity index (χ1) is 8.24. The van der Waals surface area contributed by atoms with E-state index >= 15 is 0 Å². The zero-order chi connectivity index (χ0) is 12.3. The van der Waals surface area contributed by atoms with Crippen molar-refractivity contribution < 1.29 is 5.11 Å². The Morgan fingerprint density at radius 2 is 2.29 bits per heavy atom. The van der Waals surface area contributed by atoms with Crippen LogP contribution >= 0.6 is 22.9 Å². The van der Waals surface area contributed by atoms with Crippen LogP contribution in [0.25, 0.3) is 0 Å². The molecular weight excluding hydrogens is 256 g/mol. The molecule has 0 spiro atoms. The molecule has 96 valence electrons. The molecular formula is C12H19ClN2OS. The molecule has 1 N–H and O–H groups in total. The third-order valence-corrected chi connectivity index (χ3v) is 4.86. The van der Waals surface area contributed by atoms with Gasteiger partial charge in [0.25, 0.3) is 0 Å². The number of nitrogens with zero attached hydrogens (tertiary/aromatic N) is 2. The molecule has 1 atom stereocenters. The Hall–Kier alpha value is -0.160. The van der Waals surface area contributed by atoms with Crippen LogP contribution < -0.4 is 0 Å². The standard InChI is InChI=1S/C12H19ClN2OS/c1-9(12-14-11(6-13)8-17-12)15-4-2-10(7-16)3-5-15/h8-10,16H,2-7H2,1H3. The fraction of sp³-hybridized carbons (Fsp3) is 0.750. The predicted molar refractivity (Wildman–Crippen MR) is 71.5 cm³/mol. The summed E-state index contributed by atoms with van der Waals surface area (Å²) in [7, 11) is 0. The molecule has 1 aromatic rings. The lowest BCUT2D eigenvalue weighted by atomic mass is 9.97. The molecule has 1 fully saturated rings. The largest absolute Gasteiger partial charge is 0.396 e. The summed E-state index contributed by atoms with van der Waals surface area (Å²) in [6.07, 6.45) is 2.18. The van der Waals surface area contributed by atoms with Crippen LogP contribution in [0.2, 0.25) is 0 Å². The molecule has 0 aliphatic carbocycles. The lowest BCUT2D eigenvalue weighted by Crippen LogP contribution is -2.36. The number of likely N-dealkylation sites (tertiary alicyclic amines) is 1. The van der Waals surface area contributed by atoms with E-state index in [1.807, 2.05) is 5.38 Å². The van der Waals surface area contributed by atoms with Gasteiger partial charge in [0.2, 0.25) is 0 Å². The van der Waals surface area contributed by atoms with Crippen LogP contribution in [0.3, 0.4) is 0 Å². The van der Waals surface area contributed by atoms with Crippen molar-refractivity contribution in [3.63, 3.8) is 0 Å². The quantitative estimate of drug-likeness (QED) is 0.858. The van der Waals surface area contributed by atoms with E-state index in [1.54, 1.807) is 11.3 Å². The average molecular weight is 275 g/mol. The smallest absolute Gasteiger partial charge is 0.110 e. The highest BCUT2D eigenvalue weighted by Crippen LogP contribution is 2.28. The Morgan fingerprint density at radius 1 is 1.59 bits per heavy atom. The predicted octanol–water partition coefficient (Wildman–Crippen LogP) is 2.65. The maximum Gasteiger partial charge on any atom is 0.110 e. The second kappa shape index (κ2) is 6.14. The van der Waals surface area contributed by atoms with E-state index in [0.29, 0.717) is 24.4 Å². The van der Waals surface area contributed by atoms with Gasteiger partial charge in [-0.05, 0) is 38.8 Å². The molecule has 1 unspecified atom stereocenters. The Kier molecular flexibility index (Phi) is 4.79. The molecule has 0 bridgehead atoms. The van der Waals surface area contributed by atoms with Crippen LogP contribution in [-0.2, 0) is 5.88 Å². The molecule has 3 nitrogen and oxygen atoms in total. The van der Waals surface area contributed by atoms with E-state index in [1.165, 1.54) is 0 Å². The number of thiazole rings is 1. The number of hydrogen-bond acceptors (Lipinski definition) is 4. The molecule has 1 aliphatic rings. The molecule has 0 saturated carbocycles. The number of aromatic nitrogens is 1. The van der Waals surface area contributed by atoms with Crippen molar-refractivity contribution in [1.82, 2.24) is 9.88 Å². The van der Waals surface area contributed by atoms with Crippen molar-refractivity contribution in [3.05, 3.63) is 16.1 Å². The lowest BCUT2D eigenvalue weighted by Gasteiger charge is -2.34. The zero-order valence-corrected chi connectivity index (χ0v) is 11.7. The molecule has 0 amide bonds. The number of piperidine rings is 1. The van der Waals surface area contributed by atoms with Crippen LogP contribution in [0.1, 0.15) is 36.5 Å². The third kappa shape index (κ3) is 3.19. The fourth-order valence-electron chi connectivity index (χ4n) is 2.25. The zero-order valence-electron chi connectivity index (χ0n) is 10.1. The average Bonchev–Trinajstić information content (AvgIpc) is 2.87. The van der Waals surface area contributed by atoms with Crippen LogP contribution in [-0.4, -0.2) is 34.7 Å². The topological polar surface area (TPSA) is 36.4 Å². The van der Waals surface area contributed by atoms with Crippen LogP contribution in [0, 0.1) is 5.92 Å². The summed E-state index contributed by atoms with van der Waals surface area (Å²) in [6, 6.07) is 0.372. The summed E-state index contributed by atoms with van der Waals surface area (Å²) >= 11 is 7.47. The summed E-state index contributed by atoms with van der Waals surface area (Å²) in [5.74, 6) is 0.989. The van der Waals surface area contributed by atoms with Crippen LogP contribution in [0.15, 0.2) is 5.38 Å². The maximum absolute atomic E-state index is 9.12. The second-order valence-electron chi connectivity index (χ2n) is 4.65. The fourth-order valence-corrected chi connectivity index (χ4v) is 3.39. The van der Waals surface area contributed by atoms with Crippen LogP contribution in [0.5, 0.6) is 0 Å². The molecule has 2 rings (SSSR count). The first-order valence-electron chi connectivity index (χ1n) is 6.09. The third-order valence-electron chi connectivity index (χ3n) is 3.52. The van der Waals surface area contributed by atoms with Gasteiger partial charge in [-0.3, -0.25) is 4.90 Å². The number of rotatable bonds is 4. The first kappa shape index (κ1) is 13.3. The number of alkyl halides is 1. The molecule has 1 saturated heterocycles. The number of halogens is 1. The Bertz CT molecular complexity index is 350. The molecule has 5 heteroatoms. The highest BCUT2D eigenvalue weighted by Gasteiger charge is 2.24. The molecule has 17 heavy (non-hydrogen) atoms. The van der Waals surface area contributed by atoms with Gasteiger partial charge in [-0.1, -0.05) is 0 Å². The number of hydrogen-bond donors (Lipinski definition) is 1. The van der Waals surface area contributed by atoms with E-state index < -0.39 is 0 Å². The molecule has 1 aromatic heterocycles. The summed E-state index contributed by atoms with van der Waals surface area (Å²) in [5, 5.41) is 12.3. The van der Waals surface area contributed by atoms with Crippen molar-refractivity contribution in [2.75, 3.05) is 19.7 Å². The summed E-state index contributed by atoms with van der Waals surface area (Å²) in [5.41, 5.74) is 0.976. The van der Waals surface area contributed by atoms with Gasteiger partial charge in [-0.2, -0.15) is 0 Å². The van der Waals surface area contributed by atoms with Gasteiger partial charge >= 0.3 is 0 Å². The van der Waals surface area contributed by atoms with Gasteiger partial charge < -0.3 is 5.11 Å². The molecule has 1 aliphatic heterocycles. The monoisotopic (exact) mass is 274 g/mol. The minimum Gasteiger partial charge on any atom is -0.396 e. The molecule has 2 heterocycles. The van der Waals surface area contributed by atoms with E-state index in [0.717, 1.165) is 36.6 Å². The summed E-state index contributed by atoms with van der Waals surface area (Å²) in [4.78, 5) is 6.99. The first-order valence-corrected chi connectivity index (χ1v) is 7.51. The van der Waals surface area contributed by atoms with Gasteiger partial charge in [0.15, 0.2) is 0 Å². The van der Waals surface area contributed by atoms with Crippen molar-refractivity contribution in [2.45, 2.75) is 31.7 Å². The second-order valence-corrected chi connectivity index (χ2v) is 5.81. The SMILES string of the molecule is CC(c1nc(CCl)cs1)N1CCC(CO)CC1. The van der Waals surface area contributed by atoms with Gasteiger partial charge in [0, 0.05) is 12.0 Å². The van der Waals surface area contributed by atoms with Gasteiger partial charge in [0.05, 0.1) is 17.6 Å². The van der Waals surface area contributed by atoms with Crippen molar-refractivity contribution in [1.29, 1.82) is 0 Å². The van der Waals surface area contributed by atoms with E-state index in [9.17, 15) is 0 Å². The van der Waals surface area contributed by atoms with Gasteiger partial charge in [-0.15, -0.1) is 22.9 Å². The minimum absolute atomic E-state index is 0.329. The summed E-state index contributed by atoms with van der Waals surface area (Å²) in [6.45, 7) is 4.65. The van der Waals surface area contributed by atoms with Crippen LogP contribution in [0.4, 0.5) is 0 Å². The van der Waals surface area contributed by atoms with E-state index in [4.69, 9.17) is 16.7 Å². The lowest BCUT2D eigenvalue weighted by molar-refractivity contribution is 0.106. The Labute approximate surface area is 111 Å².